The molecule has 1 atom stereocenters. The highest BCUT2D eigenvalue weighted by molar-refractivity contribution is 5.80. The Morgan fingerprint density at radius 2 is 2.00 bits per heavy atom. The van der Waals surface area contributed by atoms with E-state index in [1.54, 1.807) is 0 Å². The molecule has 3 rings (SSSR count). The van der Waals surface area contributed by atoms with E-state index in [2.05, 4.69) is 57.9 Å². The van der Waals surface area contributed by atoms with Crippen LogP contribution >= 0.6 is 0 Å². The van der Waals surface area contributed by atoms with Crippen LogP contribution in [-0.2, 0) is 0 Å². The van der Waals surface area contributed by atoms with Gasteiger partial charge in [-0.15, -0.1) is 0 Å². The summed E-state index contributed by atoms with van der Waals surface area (Å²) < 4.78 is 0. The van der Waals surface area contributed by atoms with Gasteiger partial charge in [-0.25, -0.2) is 4.98 Å². The van der Waals surface area contributed by atoms with Gasteiger partial charge in [-0.1, -0.05) is 30.3 Å². The zero-order valence-corrected chi connectivity index (χ0v) is 11.6. The number of rotatable bonds is 5. The van der Waals surface area contributed by atoms with Crippen LogP contribution in [0.25, 0.3) is 11.0 Å². The molecule has 0 saturated carbocycles. The van der Waals surface area contributed by atoms with Crippen LogP contribution in [-0.4, -0.2) is 23.6 Å². The molecule has 2 heterocycles. The van der Waals surface area contributed by atoms with Crippen molar-refractivity contribution in [3.8, 4) is 0 Å². The first-order valence-corrected chi connectivity index (χ1v) is 7.01. The number of benzene rings is 1. The van der Waals surface area contributed by atoms with Crippen LogP contribution in [0.5, 0.6) is 0 Å². The summed E-state index contributed by atoms with van der Waals surface area (Å²) in [5, 5.41) is 4.47. The number of fused-ring (bicyclic) bond motifs is 1. The molecule has 0 amide bonds. The highest BCUT2D eigenvalue weighted by atomic mass is 14.8. The van der Waals surface area contributed by atoms with Crippen LogP contribution in [0, 0.1) is 0 Å². The van der Waals surface area contributed by atoms with Crippen LogP contribution in [0.2, 0.25) is 0 Å². The van der Waals surface area contributed by atoms with E-state index in [1.165, 1.54) is 16.5 Å². The molecule has 20 heavy (non-hydrogen) atoms. The predicted octanol–water partition coefficient (Wildman–Crippen LogP) is 3.30. The van der Waals surface area contributed by atoms with E-state index < -0.39 is 0 Å². The number of hydrogen-bond donors (Lipinski definition) is 2. The Balaban J connectivity index is 2.05. The first kappa shape index (κ1) is 12.9. The van der Waals surface area contributed by atoms with E-state index >= 15 is 0 Å². The molecule has 2 N–H and O–H groups in total. The summed E-state index contributed by atoms with van der Waals surface area (Å²) in [6.07, 6.45) is 5.00. The van der Waals surface area contributed by atoms with E-state index in [0.717, 1.165) is 18.6 Å². The second-order valence-electron chi connectivity index (χ2n) is 5.00. The number of nitrogens with one attached hydrogen (secondary N) is 2. The van der Waals surface area contributed by atoms with Crippen LogP contribution in [0.3, 0.4) is 0 Å². The molecule has 0 fully saturated rings. The van der Waals surface area contributed by atoms with Gasteiger partial charge in [-0.3, -0.25) is 0 Å². The van der Waals surface area contributed by atoms with Gasteiger partial charge in [0.25, 0.3) is 0 Å². The number of nitrogens with zero attached hydrogens (tertiary/aromatic N) is 1. The second-order valence-corrected chi connectivity index (χ2v) is 5.00. The third kappa shape index (κ3) is 2.45. The zero-order chi connectivity index (χ0) is 13.8. The number of aromatic amines is 1. The lowest BCUT2D eigenvalue weighted by atomic mass is 9.88. The molecule has 3 aromatic rings. The Labute approximate surface area is 119 Å². The molecule has 0 bridgehead atoms. The molecule has 2 aromatic heterocycles. The van der Waals surface area contributed by atoms with Crippen molar-refractivity contribution in [2.24, 2.45) is 0 Å². The largest absolute Gasteiger partial charge is 0.346 e. The van der Waals surface area contributed by atoms with Gasteiger partial charge in [0.1, 0.15) is 5.65 Å². The molecular weight excluding hydrogens is 246 g/mol. The van der Waals surface area contributed by atoms with Crippen molar-refractivity contribution in [1.29, 1.82) is 0 Å². The maximum absolute atomic E-state index is 4.39. The Kier molecular flexibility index (Phi) is 3.79. The van der Waals surface area contributed by atoms with Crippen molar-refractivity contribution >= 4 is 11.0 Å². The van der Waals surface area contributed by atoms with Crippen LogP contribution in [0.4, 0.5) is 0 Å². The lowest BCUT2D eigenvalue weighted by molar-refractivity contribution is 0.664. The summed E-state index contributed by atoms with van der Waals surface area (Å²) in [4.78, 5) is 7.67. The van der Waals surface area contributed by atoms with Crippen molar-refractivity contribution in [2.45, 2.75) is 12.3 Å². The first-order valence-electron chi connectivity index (χ1n) is 7.01. The lowest BCUT2D eigenvalue weighted by Gasteiger charge is -2.17. The summed E-state index contributed by atoms with van der Waals surface area (Å²) in [7, 11) is 2.00. The third-order valence-corrected chi connectivity index (χ3v) is 3.74. The minimum absolute atomic E-state index is 0.390. The summed E-state index contributed by atoms with van der Waals surface area (Å²) in [5.41, 5.74) is 3.65. The number of H-pyrrole nitrogens is 1. The third-order valence-electron chi connectivity index (χ3n) is 3.74. The SMILES string of the molecule is CNCC[C@@H](c1ccccc1)c1c[nH]c2ncccc12. The molecule has 0 aliphatic carbocycles. The molecule has 0 unspecified atom stereocenters. The molecule has 0 aliphatic heterocycles. The van der Waals surface area contributed by atoms with E-state index in [-0.39, 0.29) is 0 Å². The average molecular weight is 265 g/mol. The quantitative estimate of drug-likeness (QED) is 0.743. The highest BCUT2D eigenvalue weighted by Gasteiger charge is 2.17. The lowest BCUT2D eigenvalue weighted by Crippen LogP contribution is -2.13. The van der Waals surface area contributed by atoms with Gasteiger partial charge in [-0.05, 0) is 43.3 Å². The number of pyridine rings is 1. The highest BCUT2D eigenvalue weighted by Crippen LogP contribution is 2.32. The monoisotopic (exact) mass is 265 g/mol. The Bertz CT molecular complexity index is 673. The molecule has 0 radical (unpaired) electrons. The van der Waals surface area contributed by atoms with Crippen LogP contribution < -0.4 is 5.32 Å². The maximum atomic E-state index is 4.39. The van der Waals surface area contributed by atoms with Crippen molar-refractivity contribution in [3.63, 3.8) is 0 Å². The smallest absolute Gasteiger partial charge is 0.137 e. The number of hydrogen-bond acceptors (Lipinski definition) is 2. The molecule has 1 aromatic carbocycles. The van der Waals surface area contributed by atoms with Gasteiger partial charge in [-0.2, -0.15) is 0 Å². The van der Waals surface area contributed by atoms with Crippen LogP contribution in [0.15, 0.2) is 54.9 Å². The van der Waals surface area contributed by atoms with Gasteiger partial charge in [0.15, 0.2) is 0 Å². The molecule has 0 spiro atoms. The molecule has 102 valence electrons. The first-order chi connectivity index (χ1) is 9.90. The van der Waals surface area contributed by atoms with E-state index in [4.69, 9.17) is 0 Å². The number of aromatic nitrogens is 2. The molecule has 3 nitrogen and oxygen atoms in total. The maximum Gasteiger partial charge on any atom is 0.137 e. The van der Waals surface area contributed by atoms with E-state index in [9.17, 15) is 0 Å². The fourth-order valence-corrected chi connectivity index (χ4v) is 2.74. The average Bonchev–Trinajstić information content (AvgIpc) is 2.93. The molecular formula is C17H19N3. The fourth-order valence-electron chi connectivity index (χ4n) is 2.74. The molecule has 0 aliphatic rings. The summed E-state index contributed by atoms with van der Waals surface area (Å²) in [6.45, 7) is 0.993. The van der Waals surface area contributed by atoms with Gasteiger partial charge in [0.05, 0.1) is 0 Å². The predicted molar refractivity (Wildman–Crippen MR) is 82.9 cm³/mol. The van der Waals surface area contributed by atoms with E-state index in [0.29, 0.717) is 5.92 Å². The minimum Gasteiger partial charge on any atom is -0.346 e. The van der Waals surface area contributed by atoms with Gasteiger partial charge in [0.2, 0.25) is 0 Å². The summed E-state index contributed by atoms with van der Waals surface area (Å²) >= 11 is 0. The van der Waals surface area contributed by atoms with E-state index in [1.807, 2.05) is 19.3 Å². The van der Waals surface area contributed by atoms with Crippen molar-refractivity contribution in [2.75, 3.05) is 13.6 Å². The molecule has 3 heteroatoms. The fraction of sp³-hybridized carbons (Fsp3) is 0.235. The Morgan fingerprint density at radius 3 is 2.80 bits per heavy atom. The van der Waals surface area contributed by atoms with Crippen molar-refractivity contribution in [1.82, 2.24) is 15.3 Å². The van der Waals surface area contributed by atoms with Crippen LogP contribution in [0.1, 0.15) is 23.5 Å². The Morgan fingerprint density at radius 1 is 1.15 bits per heavy atom. The summed E-state index contributed by atoms with van der Waals surface area (Å²) in [5.74, 6) is 0.390. The second kappa shape index (κ2) is 5.88. The van der Waals surface area contributed by atoms with Gasteiger partial charge in [0, 0.05) is 23.7 Å². The minimum atomic E-state index is 0.390. The summed E-state index contributed by atoms with van der Waals surface area (Å²) in [6, 6.07) is 14.8. The normalized spacial score (nSPS) is 12.7. The van der Waals surface area contributed by atoms with Crippen molar-refractivity contribution in [3.05, 3.63) is 66.0 Å². The Hall–Kier alpha value is -2.13. The standard InChI is InChI=1S/C17H19N3/c1-18-11-9-14(13-6-3-2-4-7-13)16-12-20-17-15(16)8-5-10-19-17/h2-8,10,12,14,18H,9,11H2,1H3,(H,19,20)/t14-/m0/s1. The van der Waals surface area contributed by atoms with Crippen molar-refractivity contribution < 1.29 is 0 Å². The topological polar surface area (TPSA) is 40.7 Å². The van der Waals surface area contributed by atoms with Gasteiger partial charge < -0.3 is 10.3 Å². The molecule has 0 saturated heterocycles. The zero-order valence-electron chi connectivity index (χ0n) is 11.6. The van der Waals surface area contributed by atoms with Gasteiger partial charge >= 0.3 is 0 Å².